The van der Waals surface area contributed by atoms with Crippen LogP contribution in [0.25, 0.3) is 0 Å². The first kappa shape index (κ1) is 28.3. The van der Waals surface area contributed by atoms with Gasteiger partial charge in [0.25, 0.3) is 0 Å². The number of fused-ring (bicyclic) bond motifs is 5. The number of carbonyl (C=O) groups is 3. The topological polar surface area (TPSA) is 119 Å². The molecule has 0 aromatic rings. The molecule has 4 saturated carbocycles. The number of aliphatic hydroxyl groups is 2. The normalized spacial score (nSPS) is 45.6. The molecular formula is C29H46O8. The number of aliphatic hydroxyl groups excluding tert-OH is 2. The molecule has 4 rings (SSSR count). The van der Waals surface area contributed by atoms with Crippen molar-refractivity contribution < 1.29 is 38.8 Å². The SMILES string of the molecule is COC(=O)CC[C@H](C)[C@H]1CC[C@@H]2[C@H]3[C@@H](O)[C@@H](O)[C@@H]4C[C@@H](OC(C)=O)CC[C@]4(C)[C@H]3C[C@H](OC(C)=O)[C@@]21C. The van der Waals surface area contributed by atoms with Crippen LogP contribution in [0.1, 0.15) is 86.0 Å². The van der Waals surface area contributed by atoms with Gasteiger partial charge < -0.3 is 24.4 Å². The minimum atomic E-state index is -0.894. The summed E-state index contributed by atoms with van der Waals surface area (Å²) >= 11 is 0. The molecule has 12 atom stereocenters. The number of hydrogen-bond acceptors (Lipinski definition) is 8. The molecule has 0 saturated heterocycles. The molecule has 0 aromatic carbocycles. The van der Waals surface area contributed by atoms with Gasteiger partial charge in [-0.05, 0) is 85.9 Å². The van der Waals surface area contributed by atoms with Gasteiger partial charge in [-0.1, -0.05) is 20.8 Å². The third-order valence-electron chi connectivity index (χ3n) is 11.2. The average Bonchev–Trinajstić information content (AvgIpc) is 3.19. The highest BCUT2D eigenvalue weighted by atomic mass is 16.5. The van der Waals surface area contributed by atoms with E-state index in [1.54, 1.807) is 0 Å². The van der Waals surface area contributed by atoms with Crippen molar-refractivity contribution in [3.05, 3.63) is 0 Å². The third-order valence-corrected chi connectivity index (χ3v) is 11.2. The summed E-state index contributed by atoms with van der Waals surface area (Å²) in [5, 5.41) is 23.1. The Labute approximate surface area is 220 Å². The van der Waals surface area contributed by atoms with E-state index in [2.05, 4.69) is 20.8 Å². The van der Waals surface area contributed by atoms with Crippen LogP contribution in [-0.2, 0) is 28.6 Å². The lowest BCUT2D eigenvalue weighted by Gasteiger charge is -2.65. The number of carbonyl (C=O) groups excluding carboxylic acids is 3. The summed E-state index contributed by atoms with van der Waals surface area (Å²) < 4.78 is 16.5. The summed E-state index contributed by atoms with van der Waals surface area (Å²) in [5.74, 6) is -0.515. The van der Waals surface area contributed by atoms with Crippen molar-refractivity contribution in [3.63, 3.8) is 0 Å². The Morgan fingerprint density at radius 3 is 2.22 bits per heavy atom. The van der Waals surface area contributed by atoms with Crippen LogP contribution in [0.4, 0.5) is 0 Å². The van der Waals surface area contributed by atoms with Gasteiger partial charge in [0, 0.05) is 25.7 Å². The van der Waals surface area contributed by atoms with Gasteiger partial charge in [0.2, 0.25) is 0 Å². The minimum Gasteiger partial charge on any atom is -0.469 e. The third kappa shape index (κ3) is 4.81. The smallest absolute Gasteiger partial charge is 0.305 e. The van der Waals surface area contributed by atoms with Crippen LogP contribution in [0.5, 0.6) is 0 Å². The molecule has 210 valence electrons. The van der Waals surface area contributed by atoms with Crippen molar-refractivity contribution in [2.24, 2.45) is 46.3 Å². The maximum absolute atomic E-state index is 12.3. The summed E-state index contributed by atoms with van der Waals surface area (Å²) in [6.07, 6.45) is 3.24. The predicted octanol–water partition coefficient (Wildman–Crippen LogP) is 3.65. The molecule has 4 fully saturated rings. The molecule has 0 radical (unpaired) electrons. The highest BCUT2D eigenvalue weighted by Gasteiger charge is 2.68. The zero-order chi connectivity index (χ0) is 27.3. The Kier molecular flexibility index (Phi) is 8.03. The predicted molar refractivity (Wildman–Crippen MR) is 135 cm³/mol. The van der Waals surface area contributed by atoms with Crippen LogP contribution >= 0.6 is 0 Å². The molecule has 4 aliphatic rings. The fourth-order valence-electron chi connectivity index (χ4n) is 9.49. The van der Waals surface area contributed by atoms with Crippen LogP contribution in [-0.4, -0.2) is 59.6 Å². The van der Waals surface area contributed by atoms with E-state index in [0.29, 0.717) is 25.7 Å². The first-order valence-corrected chi connectivity index (χ1v) is 14.1. The fourth-order valence-corrected chi connectivity index (χ4v) is 9.49. The largest absolute Gasteiger partial charge is 0.469 e. The highest BCUT2D eigenvalue weighted by Crippen LogP contribution is 2.69. The van der Waals surface area contributed by atoms with E-state index < -0.39 is 12.2 Å². The molecular weight excluding hydrogens is 476 g/mol. The van der Waals surface area contributed by atoms with Gasteiger partial charge in [-0.3, -0.25) is 14.4 Å². The van der Waals surface area contributed by atoms with Gasteiger partial charge in [0.15, 0.2) is 0 Å². The van der Waals surface area contributed by atoms with Gasteiger partial charge in [0.05, 0.1) is 19.3 Å². The molecule has 0 spiro atoms. The van der Waals surface area contributed by atoms with Crippen molar-refractivity contribution in [1.29, 1.82) is 0 Å². The summed E-state index contributed by atoms with van der Waals surface area (Å²) in [6.45, 7) is 9.46. The van der Waals surface area contributed by atoms with E-state index in [1.807, 2.05) is 0 Å². The molecule has 8 nitrogen and oxygen atoms in total. The Balaban J connectivity index is 1.66. The van der Waals surface area contributed by atoms with Crippen molar-refractivity contribution in [2.45, 2.75) is 110 Å². The summed E-state index contributed by atoms with van der Waals surface area (Å²) in [5.41, 5.74) is -0.616. The molecule has 37 heavy (non-hydrogen) atoms. The van der Waals surface area contributed by atoms with E-state index in [4.69, 9.17) is 14.2 Å². The maximum Gasteiger partial charge on any atom is 0.305 e. The second-order valence-electron chi connectivity index (χ2n) is 12.9. The van der Waals surface area contributed by atoms with Crippen molar-refractivity contribution >= 4 is 17.9 Å². The Bertz CT molecular complexity index is 889. The number of esters is 3. The van der Waals surface area contributed by atoms with Crippen LogP contribution in [0.3, 0.4) is 0 Å². The first-order chi connectivity index (χ1) is 17.3. The van der Waals surface area contributed by atoms with Crippen molar-refractivity contribution in [1.82, 2.24) is 0 Å². The van der Waals surface area contributed by atoms with Crippen LogP contribution in [0, 0.1) is 46.3 Å². The summed E-state index contributed by atoms with van der Waals surface area (Å²) in [7, 11) is 1.40. The Morgan fingerprint density at radius 1 is 0.919 bits per heavy atom. The van der Waals surface area contributed by atoms with Crippen LogP contribution < -0.4 is 0 Å². The van der Waals surface area contributed by atoms with Gasteiger partial charge in [0.1, 0.15) is 12.2 Å². The van der Waals surface area contributed by atoms with Crippen LogP contribution in [0.2, 0.25) is 0 Å². The van der Waals surface area contributed by atoms with E-state index in [9.17, 15) is 24.6 Å². The maximum atomic E-state index is 12.3. The van der Waals surface area contributed by atoms with E-state index in [0.717, 1.165) is 25.7 Å². The highest BCUT2D eigenvalue weighted by molar-refractivity contribution is 5.69. The zero-order valence-electron chi connectivity index (χ0n) is 23.3. The lowest BCUT2D eigenvalue weighted by molar-refractivity contribution is -0.248. The fraction of sp³-hybridized carbons (Fsp3) is 0.897. The number of rotatable bonds is 6. The van der Waals surface area contributed by atoms with Gasteiger partial charge in [-0.25, -0.2) is 0 Å². The van der Waals surface area contributed by atoms with Gasteiger partial charge in [-0.15, -0.1) is 0 Å². The summed E-state index contributed by atoms with van der Waals surface area (Å²) in [6, 6.07) is 0. The molecule has 8 heteroatoms. The zero-order valence-corrected chi connectivity index (χ0v) is 23.3. The molecule has 0 heterocycles. The van der Waals surface area contributed by atoms with Gasteiger partial charge in [-0.2, -0.15) is 0 Å². The Morgan fingerprint density at radius 2 is 1.59 bits per heavy atom. The van der Waals surface area contributed by atoms with Crippen LogP contribution in [0.15, 0.2) is 0 Å². The number of ether oxygens (including phenoxy) is 3. The van der Waals surface area contributed by atoms with Crippen molar-refractivity contribution in [3.8, 4) is 0 Å². The Hall–Kier alpha value is -1.67. The average molecular weight is 523 g/mol. The van der Waals surface area contributed by atoms with Gasteiger partial charge >= 0.3 is 17.9 Å². The molecule has 2 N–H and O–H groups in total. The molecule has 0 amide bonds. The minimum absolute atomic E-state index is 0.0840. The summed E-state index contributed by atoms with van der Waals surface area (Å²) in [4.78, 5) is 35.8. The molecule has 0 aromatic heterocycles. The monoisotopic (exact) mass is 522 g/mol. The molecule has 4 aliphatic carbocycles. The van der Waals surface area contributed by atoms with E-state index in [-0.39, 0.29) is 76.5 Å². The molecule has 0 aliphatic heterocycles. The number of hydrogen-bond donors (Lipinski definition) is 2. The lowest BCUT2D eigenvalue weighted by atomic mass is 9.42. The molecule has 0 unspecified atom stereocenters. The number of methoxy groups -OCH3 is 1. The standard InChI is InChI=1S/C29H46O8/c1-15(7-10-24(32)35-6)19-8-9-20-25-21(14-23(29(19,20)5)37-17(3)31)28(4)12-11-18(36-16(2)30)13-22(28)26(33)27(25)34/h15,18-23,25-27,33-34H,7-14H2,1-6H3/t15-,18-,19+,20+,21-,22-,23-,25+,26-,27+,28+,29+/m0/s1. The first-order valence-electron chi connectivity index (χ1n) is 14.1. The second-order valence-corrected chi connectivity index (χ2v) is 12.9. The van der Waals surface area contributed by atoms with E-state index >= 15 is 0 Å². The quantitative estimate of drug-likeness (QED) is 0.401. The van der Waals surface area contributed by atoms with Crippen molar-refractivity contribution in [2.75, 3.05) is 7.11 Å². The van der Waals surface area contributed by atoms with E-state index in [1.165, 1.54) is 21.0 Å². The lowest BCUT2D eigenvalue weighted by Crippen LogP contribution is -2.67. The second kappa shape index (κ2) is 10.5. The molecule has 0 bridgehead atoms.